The van der Waals surface area contributed by atoms with Gasteiger partial charge in [0.2, 0.25) is 5.91 Å². The van der Waals surface area contributed by atoms with Crippen LogP contribution >= 0.6 is 0 Å². The van der Waals surface area contributed by atoms with Crippen LogP contribution < -0.4 is 5.32 Å². The summed E-state index contributed by atoms with van der Waals surface area (Å²) in [7, 11) is 0. The van der Waals surface area contributed by atoms with Crippen molar-refractivity contribution in [3.05, 3.63) is 0 Å². The normalized spacial score (nSPS) is 29.4. The molecule has 0 spiro atoms. The molecule has 98 valence electrons. The molecular weight excluding hydrogens is 216 g/mol. The summed E-state index contributed by atoms with van der Waals surface area (Å²) in [6.07, 6.45) is 4.03. The highest BCUT2D eigenvalue weighted by Gasteiger charge is 2.40. The zero-order valence-corrected chi connectivity index (χ0v) is 11.0. The van der Waals surface area contributed by atoms with E-state index in [-0.39, 0.29) is 11.6 Å². The summed E-state index contributed by atoms with van der Waals surface area (Å²) >= 11 is 0. The molecule has 0 aliphatic carbocycles. The lowest BCUT2D eigenvalue weighted by molar-refractivity contribution is -0.146. The Balaban J connectivity index is 2.06. The van der Waals surface area contributed by atoms with Gasteiger partial charge in [-0.2, -0.15) is 0 Å². The molecule has 4 heteroatoms. The molecule has 0 bridgehead atoms. The molecule has 17 heavy (non-hydrogen) atoms. The van der Waals surface area contributed by atoms with Gasteiger partial charge in [-0.25, -0.2) is 0 Å². The van der Waals surface area contributed by atoms with Gasteiger partial charge in [0, 0.05) is 25.3 Å². The van der Waals surface area contributed by atoms with Crippen molar-refractivity contribution in [2.24, 2.45) is 0 Å². The van der Waals surface area contributed by atoms with Gasteiger partial charge in [0.25, 0.3) is 0 Å². The molecule has 2 aliphatic rings. The van der Waals surface area contributed by atoms with E-state index in [4.69, 9.17) is 4.74 Å². The van der Waals surface area contributed by atoms with Gasteiger partial charge in [0.15, 0.2) is 0 Å². The molecule has 0 radical (unpaired) electrons. The number of likely N-dealkylation sites (N-methyl/N-ethyl adjacent to an activating group) is 1. The Hall–Kier alpha value is -0.610. The minimum atomic E-state index is 0.0173. The number of hydrogen-bond acceptors (Lipinski definition) is 3. The van der Waals surface area contributed by atoms with Gasteiger partial charge in [-0.05, 0) is 39.2 Å². The number of nitrogens with zero attached hydrogens (tertiary/aromatic N) is 1. The Morgan fingerprint density at radius 1 is 1.47 bits per heavy atom. The first-order valence-corrected chi connectivity index (χ1v) is 6.80. The zero-order chi connectivity index (χ0) is 12.3. The molecule has 2 saturated heterocycles. The van der Waals surface area contributed by atoms with Crippen LogP contribution in [0.3, 0.4) is 0 Å². The number of carbonyl (C=O) groups excluding carboxylic acids is 1. The monoisotopic (exact) mass is 240 g/mol. The van der Waals surface area contributed by atoms with Crippen LogP contribution in [0.1, 0.15) is 39.5 Å². The molecule has 0 saturated carbocycles. The smallest absolute Gasteiger partial charge is 0.240 e. The van der Waals surface area contributed by atoms with E-state index < -0.39 is 0 Å². The van der Waals surface area contributed by atoms with Crippen LogP contribution in [0.4, 0.5) is 0 Å². The molecule has 2 aliphatic heterocycles. The van der Waals surface area contributed by atoms with E-state index in [2.05, 4.69) is 24.1 Å². The average molecular weight is 240 g/mol. The van der Waals surface area contributed by atoms with Crippen molar-refractivity contribution in [2.45, 2.75) is 51.1 Å². The topological polar surface area (TPSA) is 41.6 Å². The summed E-state index contributed by atoms with van der Waals surface area (Å²) in [4.78, 5) is 14.5. The molecule has 1 atom stereocenters. The van der Waals surface area contributed by atoms with Gasteiger partial charge in [-0.1, -0.05) is 6.92 Å². The van der Waals surface area contributed by atoms with Crippen LogP contribution in [0.15, 0.2) is 0 Å². The van der Waals surface area contributed by atoms with Crippen LogP contribution in [0.25, 0.3) is 0 Å². The number of rotatable bonds is 3. The molecule has 0 aromatic rings. The van der Waals surface area contributed by atoms with Gasteiger partial charge in [0.1, 0.15) is 0 Å². The lowest BCUT2D eigenvalue weighted by Gasteiger charge is -2.47. The number of carbonyl (C=O) groups is 1. The molecule has 2 fully saturated rings. The predicted molar refractivity (Wildman–Crippen MR) is 66.9 cm³/mol. The maximum Gasteiger partial charge on any atom is 0.240 e. The molecule has 0 aromatic heterocycles. The molecule has 1 unspecified atom stereocenters. The summed E-state index contributed by atoms with van der Waals surface area (Å²) in [6, 6.07) is 0.0356. The molecule has 0 aromatic carbocycles. The number of piperidine rings is 1. The van der Waals surface area contributed by atoms with E-state index >= 15 is 0 Å². The Kier molecular flexibility index (Phi) is 4.05. The minimum absolute atomic E-state index is 0.0173. The van der Waals surface area contributed by atoms with Gasteiger partial charge in [0.05, 0.1) is 6.04 Å². The number of ether oxygens (including phenoxy) is 1. The average Bonchev–Trinajstić information content (AvgIpc) is 2.33. The number of likely N-dealkylation sites (tertiary alicyclic amines) is 1. The van der Waals surface area contributed by atoms with Crippen LogP contribution in [0.5, 0.6) is 0 Å². The fraction of sp³-hybridized carbons (Fsp3) is 0.923. The number of nitrogens with one attached hydrogen (secondary N) is 1. The Bertz CT molecular complexity index is 273. The first-order valence-electron chi connectivity index (χ1n) is 6.80. The van der Waals surface area contributed by atoms with Crippen molar-refractivity contribution < 1.29 is 9.53 Å². The first kappa shape index (κ1) is 12.8. The van der Waals surface area contributed by atoms with Crippen molar-refractivity contribution in [1.82, 2.24) is 10.2 Å². The molecular formula is C13H24N2O2. The third-order valence-electron chi connectivity index (χ3n) is 4.11. The summed E-state index contributed by atoms with van der Waals surface area (Å²) < 4.78 is 5.41. The van der Waals surface area contributed by atoms with E-state index in [0.717, 1.165) is 52.0 Å². The van der Waals surface area contributed by atoms with Crippen molar-refractivity contribution in [2.75, 3.05) is 26.3 Å². The van der Waals surface area contributed by atoms with E-state index in [1.807, 2.05) is 0 Å². The van der Waals surface area contributed by atoms with Crippen LogP contribution in [0, 0.1) is 0 Å². The van der Waals surface area contributed by atoms with E-state index in [9.17, 15) is 4.79 Å². The highest BCUT2D eigenvalue weighted by Crippen LogP contribution is 2.30. The Morgan fingerprint density at radius 2 is 2.18 bits per heavy atom. The van der Waals surface area contributed by atoms with E-state index in [1.165, 1.54) is 0 Å². The highest BCUT2D eigenvalue weighted by molar-refractivity contribution is 5.83. The number of amides is 1. The molecule has 1 amide bonds. The van der Waals surface area contributed by atoms with Gasteiger partial charge < -0.3 is 15.0 Å². The van der Waals surface area contributed by atoms with Gasteiger partial charge in [-0.3, -0.25) is 4.79 Å². The minimum Gasteiger partial charge on any atom is -0.381 e. The molecule has 2 heterocycles. The fourth-order valence-electron chi connectivity index (χ4n) is 2.93. The fourth-order valence-corrected chi connectivity index (χ4v) is 2.93. The highest BCUT2D eigenvalue weighted by atomic mass is 16.5. The van der Waals surface area contributed by atoms with Crippen molar-refractivity contribution >= 4 is 5.91 Å². The maximum absolute atomic E-state index is 12.4. The second kappa shape index (κ2) is 5.36. The van der Waals surface area contributed by atoms with Crippen LogP contribution in [0.2, 0.25) is 0 Å². The number of hydrogen-bond donors (Lipinski definition) is 1. The van der Waals surface area contributed by atoms with E-state index in [0.29, 0.717) is 5.91 Å². The van der Waals surface area contributed by atoms with Crippen molar-refractivity contribution in [3.8, 4) is 0 Å². The summed E-state index contributed by atoms with van der Waals surface area (Å²) in [5.74, 6) is 0.294. The summed E-state index contributed by atoms with van der Waals surface area (Å²) in [5.41, 5.74) is 0.0173. The zero-order valence-electron chi connectivity index (χ0n) is 11.0. The molecule has 1 N–H and O–H groups in total. The quantitative estimate of drug-likeness (QED) is 0.805. The summed E-state index contributed by atoms with van der Waals surface area (Å²) in [5, 5.41) is 3.30. The maximum atomic E-state index is 12.4. The third kappa shape index (κ3) is 2.63. The van der Waals surface area contributed by atoms with E-state index in [1.54, 1.807) is 0 Å². The molecule has 4 nitrogen and oxygen atoms in total. The lowest BCUT2D eigenvalue weighted by atomic mass is 9.87. The lowest BCUT2D eigenvalue weighted by Crippen LogP contribution is -2.60. The second-order valence-corrected chi connectivity index (χ2v) is 5.35. The predicted octanol–water partition coefficient (Wildman–Crippen LogP) is 1.16. The van der Waals surface area contributed by atoms with Crippen molar-refractivity contribution in [3.63, 3.8) is 0 Å². The Morgan fingerprint density at radius 3 is 2.82 bits per heavy atom. The van der Waals surface area contributed by atoms with Gasteiger partial charge >= 0.3 is 0 Å². The molecule has 2 rings (SSSR count). The van der Waals surface area contributed by atoms with Gasteiger partial charge in [-0.15, -0.1) is 0 Å². The Labute approximate surface area is 104 Å². The third-order valence-corrected chi connectivity index (χ3v) is 4.11. The largest absolute Gasteiger partial charge is 0.381 e. The second-order valence-electron chi connectivity index (χ2n) is 5.35. The van der Waals surface area contributed by atoms with Crippen LogP contribution in [-0.4, -0.2) is 48.7 Å². The summed E-state index contributed by atoms with van der Waals surface area (Å²) in [6.45, 7) is 7.61. The van der Waals surface area contributed by atoms with Crippen molar-refractivity contribution in [1.29, 1.82) is 0 Å². The SMILES string of the molecule is CCNC1CCCN(C2(C)CCOCC2)C1=O. The first-order chi connectivity index (χ1) is 8.17. The standard InChI is InChI=1S/C13H24N2O2/c1-3-14-11-5-4-8-15(12(11)16)13(2)6-9-17-10-7-13/h11,14H,3-10H2,1-2H3. The van der Waals surface area contributed by atoms with Crippen LogP contribution in [-0.2, 0) is 9.53 Å².